The van der Waals surface area contributed by atoms with Gasteiger partial charge in [0.15, 0.2) is 11.6 Å². The Balaban J connectivity index is 1.49. The van der Waals surface area contributed by atoms with Gasteiger partial charge in [-0.15, -0.1) is 0 Å². The van der Waals surface area contributed by atoms with E-state index in [0.717, 1.165) is 12.1 Å². The first-order valence-corrected chi connectivity index (χ1v) is 9.18. The molecule has 26 heavy (non-hydrogen) atoms. The van der Waals surface area contributed by atoms with Crippen molar-refractivity contribution in [2.45, 2.75) is 44.3 Å². The van der Waals surface area contributed by atoms with E-state index in [0.29, 0.717) is 57.5 Å². The van der Waals surface area contributed by atoms with Crippen LogP contribution >= 0.6 is 0 Å². The van der Waals surface area contributed by atoms with E-state index in [-0.39, 0.29) is 30.0 Å². The number of carbonyl (C=O) groups is 1. The van der Waals surface area contributed by atoms with Gasteiger partial charge in [-0.1, -0.05) is 6.07 Å². The quantitative estimate of drug-likeness (QED) is 0.800. The second kappa shape index (κ2) is 7.98. The summed E-state index contributed by atoms with van der Waals surface area (Å²) in [7, 11) is 0. The number of piperidine rings is 1. The lowest BCUT2D eigenvalue weighted by Gasteiger charge is -2.56. The number of carbonyl (C=O) groups excluding carboxylic acids is 1. The zero-order valence-electron chi connectivity index (χ0n) is 14.8. The van der Waals surface area contributed by atoms with Crippen LogP contribution in [0.2, 0.25) is 0 Å². The fourth-order valence-corrected chi connectivity index (χ4v) is 4.10. The van der Waals surface area contributed by atoms with Crippen molar-refractivity contribution < 1.29 is 23.4 Å². The minimum atomic E-state index is -0.891. The van der Waals surface area contributed by atoms with Gasteiger partial charge >= 0.3 is 0 Å². The van der Waals surface area contributed by atoms with Crippen molar-refractivity contribution in [2.24, 2.45) is 11.1 Å². The molecule has 1 aliphatic heterocycles. The Kier molecular flexibility index (Phi) is 5.89. The van der Waals surface area contributed by atoms with Crippen molar-refractivity contribution in [3.05, 3.63) is 35.4 Å². The standard InChI is InChI=1S/C19H26F2N2O3/c20-14-3-1-13(11-15(14)21)2-4-18(25)23-8-5-19(6-9-23)16(24)12-17(19)26-10-7-22/h1,3,11,16-17,24H,2,4-10,12,22H2/t16-,17+/m0/s1. The van der Waals surface area contributed by atoms with Crippen molar-refractivity contribution >= 4 is 5.91 Å². The maximum Gasteiger partial charge on any atom is 0.222 e. The molecule has 1 aromatic carbocycles. The summed E-state index contributed by atoms with van der Waals surface area (Å²) in [5.41, 5.74) is 5.83. The molecule has 1 heterocycles. The Hall–Kier alpha value is -1.57. The van der Waals surface area contributed by atoms with E-state index < -0.39 is 11.6 Å². The number of aliphatic hydroxyl groups is 1. The van der Waals surface area contributed by atoms with E-state index in [2.05, 4.69) is 0 Å². The predicted octanol–water partition coefficient (Wildman–Crippen LogP) is 1.61. The van der Waals surface area contributed by atoms with E-state index in [9.17, 15) is 18.7 Å². The number of aliphatic hydroxyl groups excluding tert-OH is 1. The van der Waals surface area contributed by atoms with Crippen LogP contribution in [0.25, 0.3) is 0 Å². The number of amides is 1. The van der Waals surface area contributed by atoms with Crippen LogP contribution < -0.4 is 5.73 Å². The van der Waals surface area contributed by atoms with Gasteiger partial charge in [0.1, 0.15) is 0 Å². The lowest BCUT2D eigenvalue weighted by molar-refractivity contribution is -0.210. The van der Waals surface area contributed by atoms with Crippen molar-refractivity contribution in [1.29, 1.82) is 0 Å². The number of nitrogens with zero attached hydrogens (tertiary/aromatic N) is 1. The van der Waals surface area contributed by atoms with Crippen LogP contribution in [0, 0.1) is 17.0 Å². The van der Waals surface area contributed by atoms with Gasteiger partial charge < -0.3 is 20.5 Å². The topological polar surface area (TPSA) is 75.8 Å². The third-order valence-electron chi connectivity index (χ3n) is 5.84. The lowest BCUT2D eigenvalue weighted by atomic mass is 9.58. The van der Waals surface area contributed by atoms with E-state index in [1.165, 1.54) is 6.07 Å². The third kappa shape index (κ3) is 3.75. The monoisotopic (exact) mass is 368 g/mol. The molecule has 1 aliphatic carbocycles. The zero-order chi connectivity index (χ0) is 18.7. The molecule has 0 radical (unpaired) electrons. The number of rotatable bonds is 6. The SMILES string of the molecule is NCCO[C@@H]1C[C@H](O)C12CCN(C(=O)CCc1ccc(F)c(F)c1)CC2. The van der Waals surface area contributed by atoms with Gasteiger partial charge in [-0.05, 0) is 37.0 Å². The van der Waals surface area contributed by atoms with Crippen molar-refractivity contribution in [2.75, 3.05) is 26.2 Å². The fourth-order valence-electron chi connectivity index (χ4n) is 4.10. The van der Waals surface area contributed by atoms with Gasteiger partial charge in [-0.3, -0.25) is 4.79 Å². The van der Waals surface area contributed by atoms with Crippen LogP contribution in [-0.2, 0) is 16.0 Å². The average molecular weight is 368 g/mol. The number of nitrogens with two attached hydrogens (primary N) is 1. The first kappa shape index (κ1) is 19.2. The molecular formula is C19H26F2N2O3. The van der Waals surface area contributed by atoms with Crippen LogP contribution in [-0.4, -0.2) is 54.4 Å². The molecule has 1 saturated heterocycles. The van der Waals surface area contributed by atoms with Gasteiger partial charge in [0.2, 0.25) is 5.91 Å². The highest BCUT2D eigenvalue weighted by Gasteiger charge is 2.56. The molecule has 1 saturated carbocycles. The molecule has 144 valence electrons. The molecule has 1 spiro atoms. The summed E-state index contributed by atoms with van der Waals surface area (Å²) in [6, 6.07) is 3.72. The Labute approximate surface area is 152 Å². The minimum Gasteiger partial charge on any atom is -0.392 e. The minimum absolute atomic E-state index is 0.00202. The van der Waals surface area contributed by atoms with E-state index >= 15 is 0 Å². The van der Waals surface area contributed by atoms with Crippen LogP contribution in [0.3, 0.4) is 0 Å². The van der Waals surface area contributed by atoms with Crippen molar-refractivity contribution in [1.82, 2.24) is 4.90 Å². The molecule has 0 bridgehead atoms. The molecule has 3 rings (SSSR count). The second-order valence-corrected chi connectivity index (χ2v) is 7.26. The smallest absolute Gasteiger partial charge is 0.222 e. The highest BCUT2D eigenvalue weighted by molar-refractivity contribution is 5.76. The number of hydrogen-bond acceptors (Lipinski definition) is 4. The summed E-state index contributed by atoms with van der Waals surface area (Å²) in [5.74, 6) is -1.78. The van der Waals surface area contributed by atoms with Crippen molar-refractivity contribution in [3.63, 3.8) is 0 Å². The van der Waals surface area contributed by atoms with Gasteiger partial charge in [0.25, 0.3) is 0 Å². The molecule has 0 unspecified atom stereocenters. The maximum atomic E-state index is 13.2. The highest BCUT2D eigenvalue weighted by Crippen LogP contribution is 2.50. The first-order valence-electron chi connectivity index (χ1n) is 9.18. The number of halogens is 2. The molecule has 7 heteroatoms. The summed E-state index contributed by atoms with van der Waals surface area (Å²) in [5, 5.41) is 10.2. The Morgan fingerprint density at radius 2 is 2.04 bits per heavy atom. The summed E-state index contributed by atoms with van der Waals surface area (Å²) >= 11 is 0. The molecule has 5 nitrogen and oxygen atoms in total. The third-order valence-corrected chi connectivity index (χ3v) is 5.84. The number of ether oxygens (including phenoxy) is 1. The van der Waals surface area contributed by atoms with Gasteiger partial charge in [0.05, 0.1) is 18.8 Å². The normalized spacial score (nSPS) is 24.5. The molecular weight excluding hydrogens is 342 g/mol. The number of benzene rings is 1. The molecule has 1 amide bonds. The fraction of sp³-hybridized carbons (Fsp3) is 0.632. The van der Waals surface area contributed by atoms with Gasteiger partial charge in [0, 0.05) is 37.9 Å². The molecule has 3 N–H and O–H groups in total. The summed E-state index contributed by atoms with van der Waals surface area (Å²) in [4.78, 5) is 14.2. The number of hydrogen-bond donors (Lipinski definition) is 2. The molecule has 2 aliphatic rings. The van der Waals surface area contributed by atoms with E-state index in [1.54, 1.807) is 4.90 Å². The van der Waals surface area contributed by atoms with Crippen LogP contribution in [0.5, 0.6) is 0 Å². The van der Waals surface area contributed by atoms with Gasteiger partial charge in [-0.25, -0.2) is 8.78 Å². The average Bonchev–Trinajstić information content (AvgIpc) is 2.65. The Morgan fingerprint density at radius 1 is 1.31 bits per heavy atom. The highest BCUT2D eigenvalue weighted by atomic mass is 19.2. The van der Waals surface area contributed by atoms with Crippen LogP contribution in [0.15, 0.2) is 18.2 Å². The number of aryl methyl sites for hydroxylation is 1. The summed E-state index contributed by atoms with van der Waals surface area (Å²) in [6.07, 6.45) is 2.31. The number of likely N-dealkylation sites (tertiary alicyclic amines) is 1. The van der Waals surface area contributed by atoms with Gasteiger partial charge in [-0.2, -0.15) is 0 Å². The largest absolute Gasteiger partial charge is 0.392 e. The lowest BCUT2D eigenvalue weighted by Crippen LogP contribution is -2.62. The summed E-state index contributed by atoms with van der Waals surface area (Å²) < 4.78 is 31.9. The zero-order valence-corrected chi connectivity index (χ0v) is 14.8. The van der Waals surface area contributed by atoms with E-state index in [1.807, 2.05) is 0 Å². The van der Waals surface area contributed by atoms with E-state index in [4.69, 9.17) is 10.5 Å². The second-order valence-electron chi connectivity index (χ2n) is 7.26. The molecule has 0 aromatic heterocycles. The van der Waals surface area contributed by atoms with Crippen LogP contribution in [0.1, 0.15) is 31.2 Å². The Morgan fingerprint density at radius 3 is 2.65 bits per heavy atom. The molecule has 2 fully saturated rings. The summed E-state index contributed by atoms with van der Waals surface area (Å²) in [6.45, 7) is 2.10. The maximum absolute atomic E-state index is 13.2. The molecule has 1 aromatic rings. The molecule has 2 atom stereocenters. The van der Waals surface area contributed by atoms with Crippen molar-refractivity contribution in [3.8, 4) is 0 Å². The van der Waals surface area contributed by atoms with Crippen LogP contribution in [0.4, 0.5) is 8.78 Å². The Bertz CT molecular complexity index is 648. The predicted molar refractivity (Wildman–Crippen MR) is 92.3 cm³/mol. The first-order chi connectivity index (χ1) is 12.5.